The predicted octanol–water partition coefficient (Wildman–Crippen LogP) is 5.35. The van der Waals surface area contributed by atoms with Crippen LogP contribution in [0.2, 0.25) is 0 Å². The summed E-state index contributed by atoms with van der Waals surface area (Å²) in [6.07, 6.45) is 4.68. The lowest BCUT2D eigenvalue weighted by molar-refractivity contribution is -0.146. The molecule has 1 N–H and O–H groups in total. The SMILES string of the molecule is CC1CCCCC1NC1CCC(C(=O)N2CCc3ncc(C(F)(F)F)cc3C2)(C(C)C)C1. The van der Waals surface area contributed by atoms with Crippen LogP contribution in [0, 0.1) is 17.3 Å². The molecule has 2 aliphatic carbocycles. The summed E-state index contributed by atoms with van der Waals surface area (Å²) in [7, 11) is 0. The quantitative estimate of drug-likeness (QED) is 0.671. The topological polar surface area (TPSA) is 45.2 Å². The van der Waals surface area contributed by atoms with E-state index < -0.39 is 17.2 Å². The van der Waals surface area contributed by atoms with Crippen LogP contribution in [0.15, 0.2) is 12.3 Å². The Balaban J connectivity index is 1.48. The average Bonchev–Trinajstić information content (AvgIpc) is 3.19. The second-order valence-corrected chi connectivity index (χ2v) is 10.6. The maximum atomic E-state index is 13.8. The summed E-state index contributed by atoms with van der Waals surface area (Å²) in [6.45, 7) is 7.30. The van der Waals surface area contributed by atoms with Gasteiger partial charge in [0.2, 0.25) is 5.91 Å². The van der Waals surface area contributed by atoms with Crippen LogP contribution in [0.3, 0.4) is 0 Å². The number of pyridine rings is 1. The smallest absolute Gasteiger partial charge is 0.337 e. The van der Waals surface area contributed by atoms with Gasteiger partial charge in [-0.05, 0) is 55.6 Å². The highest BCUT2D eigenvalue weighted by Crippen LogP contribution is 2.47. The molecule has 32 heavy (non-hydrogen) atoms. The number of alkyl halides is 3. The monoisotopic (exact) mass is 451 g/mol. The molecular formula is C25H36F3N3O. The molecular weight excluding hydrogens is 415 g/mol. The Labute approximate surface area is 189 Å². The number of hydrogen-bond acceptors (Lipinski definition) is 3. The van der Waals surface area contributed by atoms with E-state index in [9.17, 15) is 18.0 Å². The maximum absolute atomic E-state index is 13.8. The Morgan fingerprint density at radius 3 is 2.69 bits per heavy atom. The van der Waals surface area contributed by atoms with Crippen LogP contribution in [0.5, 0.6) is 0 Å². The Morgan fingerprint density at radius 2 is 2.00 bits per heavy atom. The van der Waals surface area contributed by atoms with Gasteiger partial charge >= 0.3 is 6.18 Å². The first-order chi connectivity index (χ1) is 15.1. The first kappa shape index (κ1) is 23.5. The largest absolute Gasteiger partial charge is 0.417 e. The van der Waals surface area contributed by atoms with E-state index in [-0.39, 0.29) is 18.4 Å². The zero-order valence-corrected chi connectivity index (χ0v) is 19.5. The molecule has 178 valence electrons. The molecule has 4 nitrogen and oxygen atoms in total. The lowest BCUT2D eigenvalue weighted by Gasteiger charge is -2.40. The third-order valence-electron chi connectivity index (χ3n) is 8.30. The summed E-state index contributed by atoms with van der Waals surface area (Å²) in [4.78, 5) is 19.6. The van der Waals surface area contributed by atoms with Crippen LogP contribution in [0.1, 0.15) is 82.5 Å². The third kappa shape index (κ3) is 4.55. The van der Waals surface area contributed by atoms with Gasteiger partial charge in [0, 0.05) is 43.5 Å². The first-order valence-electron chi connectivity index (χ1n) is 12.2. The van der Waals surface area contributed by atoms with Crippen molar-refractivity contribution in [3.63, 3.8) is 0 Å². The highest BCUT2D eigenvalue weighted by Gasteiger charge is 2.50. The highest BCUT2D eigenvalue weighted by molar-refractivity contribution is 5.83. The Kier molecular flexibility index (Phi) is 6.59. The standard InChI is InChI=1S/C25H36F3N3O/c1-16(2)24(10-8-20(13-24)30-21-7-5-4-6-17(21)3)23(32)31-11-9-22-18(15-31)12-19(14-29-22)25(26,27)28/h12,14,16-17,20-21,30H,4-11,13,15H2,1-3H3. The number of nitrogens with zero attached hydrogens (tertiary/aromatic N) is 2. The van der Waals surface area contributed by atoms with Gasteiger partial charge < -0.3 is 10.2 Å². The van der Waals surface area contributed by atoms with Crippen molar-refractivity contribution in [1.82, 2.24) is 15.2 Å². The van der Waals surface area contributed by atoms with E-state index in [1.807, 2.05) is 0 Å². The van der Waals surface area contributed by atoms with Gasteiger partial charge in [-0.2, -0.15) is 13.2 Å². The maximum Gasteiger partial charge on any atom is 0.417 e. The summed E-state index contributed by atoms with van der Waals surface area (Å²) in [5.74, 6) is 0.964. The van der Waals surface area contributed by atoms with Gasteiger partial charge in [0.25, 0.3) is 0 Å². The number of amides is 1. The fraction of sp³-hybridized carbons (Fsp3) is 0.760. The molecule has 2 saturated carbocycles. The molecule has 1 aromatic heterocycles. The van der Waals surface area contributed by atoms with Gasteiger partial charge in [0.1, 0.15) is 0 Å². The number of fused-ring (bicyclic) bond motifs is 1. The number of carbonyl (C=O) groups is 1. The average molecular weight is 452 g/mol. The Hall–Kier alpha value is -1.63. The molecule has 4 unspecified atom stereocenters. The molecule has 0 aromatic carbocycles. The Morgan fingerprint density at radius 1 is 1.25 bits per heavy atom. The third-order valence-corrected chi connectivity index (χ3v) is 8.30. The number of halogens is 3. The molecule has 0 saturated heterocycles. The second kappa shape index (κ2) is 8.96. The lowest BCUT2D eigenvalue weighted by atomic mass is 9.73. The minimum absolute atomic E-state index is 0.108. The van der Waals surface area contributed by atoms with Crippen molar-refractivity contribution in [1.29, 1.82) is 0 Å². The van der Waals surface area contributed by atoms with Crippen LogP contribution >= 0.6 is 0 Å². The summed E-state index contributed by atoms with van der Waals surface area (Å²) >= 11 is 0. The van der Waals surface area contributed by atoms with Gasteiger partial charge in [0.05, 0.1) is 11.0 Å². The summed E-state index contributed by atoms with van der Waals surface area (Å²) in [5.41, 5.74) is 0.0260. The molecule has 4 rings (SSSR count). The number of aromatic nitrogens is 1. The van der Waals surface area contributed by atoms with Gasteiger partial charge in [-0.1, -0.05) is 33.6 Å². The molecule has 4 atom stereocenters. The number of hydrogen-bond donors (Lipinski definition) is 1. The predicted molar refractivity (Wildman–Crippen MR) is 118 cm³/mol. The van der Waals surface area contributed by atoms with Crippen molar-refractivity contribution < 1.29 is 18.0 Å². The second-order valence-electron chi connectivity index (χ2n) is 10.6. The molecule has 1 amide bonds. The van der Waals surface area contributed by atoms with Crippen molar-refractivity contribution in [3.05, 3.63) is 29.1 Å². The molecule has 7 heteroatoms. The van der Waals surface area contributed by atoms with Gasteiger partial charge in [-0.25, -0.2) is 0 Å². The van der Waals surface area contributed by atoms with Crippen molar-refractivity contribution in [2.75, 3.05) is 6.54 Å². The zero-order valence-electron chi connectivity index (χ0n) is 19.5. The van der Waals surface area contributed by atoms with Crippen LogP contribution < -0.4 is 5.32 Å². The van der Waals surface area contributed by atoms with Crippen LogP contribution in [0.4, 0.5) is 13.2 Å². The van der Waals surface area contributed by atoms with E-state index in [1.165, 1.54) is 31.7 Å². The lowest BCUT2D eigenvalue weighted by Crippen LogP contribution is -2.49. The van der Waals surface area contributed by atoms with E-state index in [2.05, 4.69) is 31.1 Å². The van der Waals surface area contributed by atoms with Crippen LogP contribution in [0.25, 0.3) is 0 Å². The van der Waals surface area contributed by atoms with E-state index >= 15 is 0 Å². The van der Waals surface area contributed by atoms with Crippen molar-refractivity contribution in [2.24, 2.45) is 17.3 Å². The van der Waals surface area contributed by atoms with Crippen molar-refractivity contribution >= 4 is 5.91 Å². The fourth-order valence-corrected chi connectivity index (χ4v) is 6.12. The molecule has 3 aliphatic rings. The molecule has 2 heterocycles. The minimum Gasteiger partial charge on any atom is -0.337 e. The number of nitrogens with one attached hydrogen (secondary N) is 1. The summed E-state index contributed by atoms with van der Waals surface area (Å²) in [6, 6.07) is 2.04. The van der Waals surface area contributed by atoms with Crippen LogP contribution in [-0.4, -0.2) is 34.4 Å². The minimum atomic E-state index is -4.42. The van der Waals surface area contributed by atoms with Gasteiger partial charge in [-0.15, -0.1) is 0 Å². The van der Waals surface area contributed by atoms with Crippen molar-refractivity contribution in [2.45, 2.75) is 96.9 Å². The Bertz CT molecular complexity index is 840. The van der Waals surface area contributed by atoms with E-state index in [1.54, 1.807) is 4.90 Å². The molecule has 1 aliphatic heterocycles. The van der Waals surface area contributed by atoms with E-state index in [4.69, 9.17) is 0 Å². The van der Waals surface area contributed by atoms with Crippen LogP contribution in [-0.2, 0) is 23.9 Å². The molecule has 2 fully saturated rings. The molecule has 1 aromatic rings. The van der Waals surface area contributed by atoms with Gasteiger partial charge in [0.15, 0.2) is 0 Å². The van der Waals surface area contributed by atoms with Gasteiger partial charge in [-0.3, -0.25) is 9.78 Å². The summed E-state index contributed by atoms with van der Waals surface area (Å²) < 4.78 is 39.5. The fourth-order valence-electron chi connectivity index (χ4n) is 6.12. The zero-order chi connectivity index (χ0) is 23.1. The molecule has 0 bridgehead atoms. The number of rotatable bonds is 4. The first-order valence-corrected chi connectivity index (χ1v) is 12.2. The normalized spacial score (nSPS) is 31.1. The highest BCUT2D eigenvalue weighted by atomic mass is 19.4. The van der Waals surface area contributed by atoms with E-state index in [0.717, 1.165) is 25.5 Å². The number of carbonyl (C=O) groups excluding carboxylic acids is 1. The summed E-state index contributed by atoms with van der Waals surface area (Å²) in [5, 5.41) is 3.87. The van der Waals surface area contributed by atoms with E-state index in [0.29, 0.717) is 42.2 Å². The molecule has 0 spiro atoms. The van der Waals surface area contributed by atoms with Crippen molar-refractivity contribution in [3.8, 4) is 0 Å². The molecule has 0 radical (unpaired) electrons.